The van der Waals surface area contributed by atoms with Crippen LogP contribution in [-0.4, -0.2) is 53.4 Å². The average Bonchev–Trinajstić information content (AvgIpc) is 3.39. The van der Waals surface area contributed by atoms with E-state index in [0.717, 1.165) is 4.31 Å². The predicted molar refractivity (Wildman–Crippen MR) is 144 cm³/mol. The monoisotopic (exact) mass is 594 g/mol. The normalized spacial score (nSPS) is 17.5. The average molecular weight is 595 g/mol. The Hall–Kier alpha value is -3.02. The van der Waals surface area contributed by atoms with Gasteiger partial charge in [-0.25, -0.2) is 17.6 Å². The molecule has 0 saturated carbocycles. The number of aliphatic carboxylic acids is 1. The summed E-state index contributed by atoms with van der Waals surface area (Å²) in [5.74, 6) is -2.43. The lowest BCUT2D eigenvalue weighted by atomic mass is 9.98. The molecule has 3 aromatic carbocycles. The van der Waals surface area contributed by atoms with Gasteiger partial charge in [-0.1, -0.05) is 59.6 Å². The van der Waals surface area contributed by atoms with E-state index in [2.05, 4.69) is 5.32 Å². The SMILES string of the molecule is O=C(O)[C@H](Cc1ccc(C(O)c2ccc(F)cc2)cc1)NC(=O)[C@@H]1CCCN1S(=O)(=O)c1cc(Cl)cc(Cl)c1. The summed E-state index contributed by atoms with van der Waals surface area (Å²) in [5.41, 5.74) is 1.59. The summed E-state index contributed by atoms with van der Waals surface area (Å²) in [6.45, 7) is 0.0835. The van der Waals surface area contributed by atoms with Crippen LogP contribution >= 0.6 is 23.2 Å². The molecular weight excluding hydrogens is 570 g/mol. The summed E-state index contributed by atoms with van der Waals surface area (Å²) in [6, 6.07) is 13.4. The number of halogens is 3. The third-order valence-corrected chi connectivity index (χ3v) is 8.81. The third-order valence-electron chi connectivity index (χ3n) is 6.48. The molecule has 0 aliphatic carbocycles. The number of rotatable bonds is 9. The van der Waals surface area contributed by atoms with E-state index in [-0.39, 0.29) is 34.3 Å². The standard InChI is InChI=1S/C27H25Cl2FN2O6S/c28-19-13-20(29)15-22(14-19)39(37,38)32-11-1-2-24(32)26(34)31-23(27(35)36)12-16-3-5-17(6-4-16)25(33)18-7-9-21(30)10-8-18/h3-10,13-15,23-25,33H,1-2,11-12H2,(H,31,34)(H,35,36)/t23-,24-,25?/m0/s1. The number of carboxylic acid groups (broad SMARTS) is 1. The Morgan fingerprint density at radius 3 is 2.13 bits per heavy atom. The Morgan fingerprint density at radius 2 is 1.56 bits per heavy atom. The van der Waals surface area contributed by atoms with Crippen LogP contribution in [0.5, 0.6) is 0 Å². The van der Waals surface area contributed by atoms with E-state index < -0.39 is 45.9 Å². The number of aliphatic hydroxyl groups excluding tert-OH is 1. The van der Waals surface area contributed by atoms with Gasteiger partial charge in [0.05, 0.1) is 4.90 Å². The van der Waals surface area contributed by atoms with Crippen LogP contribution in [0.2, 0.25) is 10.0 Å². The number of nitrogens with one attached hydrogen (secondary N) is 1. The topological polar surface area (TPSA) is 124 Å². The van der Waals surface area contributed by atoms with Gasteiger partial charge in [0, 0.05) is 23.0 Å². The number of carbonyl (C=O) groups excluding carboxylic acids is 1. The van der Waals surface area contributed by atoms with Crippen LogP contribution in [0.4, 0.5) is 4.39 Å². The maximum atomic E-state index is 13.2. The van der Waals surface area contributed by atoms with E-state index in [4.69, 9.17) is 23.2 Å². The van der Waals surface area contributed by atoms with Gasteiger partial charge in [0.1, 0.15) is 24.0 Å². The number of nitrogens with zero attached hydrogens (tertiary/aromatic N) is 1. The zero-order valence-corrected chi connectivity index (χ0v) is 22.8. The first-order chi connectivity index (χ1) is 18.5. The molecule has 12 heteroatoms. The van der Waals surface area contributed by atoms with Crippen LogP contribution in [0.15, 0.2) is 71.6 Å². The first-order valence-corrected chi connectivity index (χ1v) is 14.2. The second-order valence-electron chi connectivity index (χ2n) is 9.18. The summed E-state index contributed by atoms with van der Waals surface area (Å²) < 4.78 is 40.7. The maximum Gasteiger partial charge on any atom is 0.326 e. The van der Waals surface area contributed by atoms with E-state index in [9.17, 15) is 32.6 Å². The minimum Gasteiger partial charge on any atom is -0.480 e. The van der Waals surface area contributed by atoms with Gasteiger partial charge < -0.3 is 15.5 Å². The Morgan fingerprint density at radius 1 is 1.00 bits per heavy atom. The number of amides is 1. The van der Waals surface area contributed by atoms with Gasteiger partial charge in [-0.2, -0.15) is 4.31 Å². The fourth-order valence-electron chi connectivity index (χ4n) is 4.48. The van der Waals surface area contributed by atoms with Crippen molar-refractivity contribution in [3.63, 3.8) is 0 Å². The molecule has 8 nitrogen and oxygen atoms in total. The van der Waals surface area contributed by atoms with Gasteiger partial charge in [-0.15, -0.1) is 0 Å². The van der Waals surface area contributed by atoms with E-state index in [1.165, 1.54) is 42.5 Å². The quantitative estimate of drug-likeness (QED) is 0.341. The van der Waals surface area contributed by atoms with E-state index in [1.54, 1.807) is 24.3 Å². The fourth-order valence-corrected chi connectivity index (χ4v) is 6.86. The molecule has 1 heterocycles. The summed E-state index contributed by atoms with van der Waals surface area (Å²) >= 11 is 11.9. The zero-order chi connectivity index (χ0) is 28.3. The maximum absolute atomic E-state index is 13.2. The number of hydrogen-bond acceptors (Lipinski definition) is 5. The largest absolute Gasteiger partial charge is 0.480 e. The molecule has 0 aromatic heterocycles. The highest BCUT2D eigenvalue weighted by Gasteiger charge is 2.40. The highest BCUT2D eigenvalue weighted by Crippen LogP contribution is 2.30. The molecule has 3 aromatic rings. The van der Waals surface area contributed by atoms with Crippen molar-refractivity contribution in [3.8, 4) is 0 Å². The van der Waals surface area contributed by atoms with Crippen LogP contribution in [0, 0.1) is 5.82 Å². The molecule has 206 valence electrons. The molecular formula is C27H25Cl2FN2O6S. The molecule has 3 N–H and O–H groups in total. The van der Waals surface area contributed by atoms with E-state index >= 15 is 0 Å². The first kappa shape index (κ1) is 29.0. The second-order valence-corrected chi connectivity index (χ2v) is 11.9. The fraction of sp³-hybridized carbons (Fsp3) is 0.259. The number of carbonyl (C=O) groups is 2. The van der Waals surface area contributed by atoms with Crippen LogP contribution in [0.25, 0.3) is 0 Å². The van der Waals surface area contributed by atoms with E-state index in [0.29, 0.717) is 23.1 Å². The number of carboxylic acids is 1. The van der Waals surface area contributed by atoms with Crippen molar-refractivity contribution in [2.24, 2.45) is 0 Å². The van der Waals surface area contributed by atoms with Crippen LogP contribution in [0.1, 0.15) is 35.6 Å². The van der Waals surface area contributed by atoms with Gasteiger partial charge in [-0.3, -0.25) is 4.79 Å². The summed E-state index contributed by atoms with van der Waals surface area (Å²) in [6.07, 6.45) is -0.431. The number of aliphatic hydroxyl groups is 1. The molecule has 3 atom stereocenters. The Bertz CT molecular complexity index is 1450. The lowest BCUT2D eigenvalue weighted by molar-refractivity contribution is -0.142. The molecule has 4 rings (SSSR count). The van der Waals surface area contributed by atoms with Crippen molar-refractivity contribution >= 4 is 45.1 Å². The lowest BCUT2D eigenvalue weighted by Crippen LogP contribution is -2.51. The van der Waals surface area contributed by atoms with Crippen LogP contribution in [0.3, 0.4) is 0 Å². The smallest absolute Gasteiger partial charge is 0.326 e. The minimum atomic E-state index is -4.12. The highest BCUT2D eigenvalue weighted by molar-refractivity contribution is 7.89. The molecule has 1 fully saturated rings. The molecule has 1 amide bonds. The van der Waals surface area contributed by atoms with Gasteiger partial charge in [0.2, 0.25) is 15.9 Å². The van der Waals surface area contributed by atoms with Gasteiger partial charge in [0.25, 0.3) is 0 Å². The van der Waals surface area contributed by atoms with Gasteiger partial charge in [0.15, 0.2) is 0 Å². The molecule has 1 aliphatic rings. The summed E-state index contributed by atoms with van der Waals surface area (Å²) in [4.78, 5) is 24.9. The minimum absolute atomic E-state index is 0.0721. The van der Waals surface area contributed by atoms with Crippen LogP contribution in [-0.2, 0) is 26.0 Å². The van der Waals surface area contributed by atoms with Crippen molar-refractivity contribution in [2.45, 2.75) is 42.3 Å². The summed E-state index contributed by atoms with van der Waals surface area (Å²) in [7, 11) is -4.12. The Labute approximate surface area is 235 Å². The van der Waals surface area contributed by atoms with E-state index in [1.807, 2.05) is 0 Å². The lowest BCUT2D eigenvalue weighted by Gasteiger charge is -2.25. The molecule has 39 heavy (non-hydrogen) atoms. The first-order valence-electron chi connectivity index (χ1n) is 12.0. The van der Waals surface area contributed by atoms with Crippen LogP contribution < -0.4 is 5.32 Å². The second kappa shape index (κ2) is 12.0. The molecule has 0 radical (unpaired) electrons. The number of sulfonamides is 1. The van der Waals surface area contributed by atoms with Crippen molar-refractivity contribution in [1.82, 2.24) is 9.62 Å². The Balaban J connectivity index is 1.46. The molecule has 0 bridgehead atoms. The van der Waals surface area contributed by atoms with Gasteiger partial charge >= 0.3 is 5.97 Å². The summed E-state index contributed by atoms with van der Waals surface area (Å²) in [5, 5.41) is 23.0. The molecule has 1 aliphatic heterocycles. The van der Waals surface area contributed by atoms with Crippen molar-refractivity contribution < 1.29 is 32.6 Å². The predicted octanol–water partition coefficient (Wildman–Crippen LogP) is 4.18. The van der Waals surface area contributed by atoms with Crippen molar-refractivity contribution in [2.75, 3.05) is 6.54 Å². The number of benzene rings is 3. The molecule has 0 spiro atoms. The zero-order valence-electron chi connectivity index (χ0n) is 20.4. The van der Waals surface area contributed by atoms with Crippen molar-refractivity contribution in [3.05, 3.63) is 99.3 Å². The highest BCUT2D eigenvalue weighted by atomic mass is 35.5. The third kappa shape index (κ3) is 6.77. The number of hydrogen-bond donors (Lipinski definition) is 3. The van der Waals surface area contributed by atoms with Crippen molar-refractivity contribution in [1.29, 1.82) is 0 Å². The Kier molecular flexibility index (Phi) is 8.93. The molecule has 1 saturated heterocycles. The van der Waals surface area contributed by atoms with Gasteiger partial charge in [-0.05, 0) is 59.9 Å². The molecule has 1 unspecified atom stereocenters.